The maximum atomic E-state index is 13.1. The van der Waals surface area contributed by atoms with Crippen LogP contribution in [0.3, 0.4) is 0 Å². The number of ketones is 1. The SMILES string of the molecule is CC(C)(C)NC(=O)CC[C@H](NC(=O)CCc1ccccc1)C(=O)CCCNC(=O)c1cccc(-c2ccccc2)c1. The van der Waals surface area contributed by atoms with Gasteiger partial charge in [0.1, 0.15) is 0 Å². The minimum Gasteiger partial charge on any atom is -0.352 e. The van der Waals surface area contributed by atoms with E-state index in [2.05, 4.69) is 16.0 Å². The number of hydrogen-bond donors (Lipinski definition) is 3. The highest BCUT2D eigenvalue weighted by atomic mass is 16.2. The normalized spacial score (nSPS) is 11.8. The first-order valence-corrected chi connectivity index (χ1v) is 14.2. The average Bonchev–Trinajstić information content (AvgIpc) is 2.96. The summed E-state index contributed by atoms with van der Waals surface area (Å²) in [6.07, 6.45) is 1.76. The van der Waals surface area contributed by atoms with E-state index in [4.69, 9.17) is 0 Å². The van der Waals surface area contributed by atoms with Gasteiger partial charge in [-0.2, -0.15) is 0 Å². The van der Waals surface area contributed by atoms with Crippen LogP contribution in [-0.4, -0.2) is 41.6 Å². The molecule has 3 aromatic carbocycles. The van der Waals surface area contributed by atoms with Gasteiger partial charge >= 0.3 is 0 Å². The Labute approximate surface area is 243 Å². The summed E-state index contributed by atoms with van der Waals surface area (Å²) in [5, 5.41) is 8.63. The van der Waals surface area contributed by atoms with E-state index in [0.29, 0.717) is 24.9 Å². The van der Waals surface area contributed by atoms with Gasteiger partial charge in [-0.3, -0.25) is 19.2 Å². The van der Waals surface area contributed by atoms with Crippen molar-refractivity contribution >= 4 is 23.5 Å². The van der Waals surface area contributed by atoms with Gasteiger partial charge in [0, 0.05) is 36.9 Å². The van der Waals surface area contributed by atoms with Crippen molar-refractivity contribution in [1.29, 1.82) is 0 Å². The lowest BCUT2D eigenvalue weighted by atomic mass is 10.0. The largest absolute Gasteiger partial charge is 0.352 e. The molecule has 1 atom stereocenters. The Morgan fingerprint density at radius 2 is 1.39 bits per heavy atom. The first kappa shape index (κ1) is 31.3. The van der Waals surface area contributed by atoms with Crippen molar-refractivity contribution < 1.29 is 19.2 Å². The summed E-state index contributed by atoms with van der Waals surface area (Å²) in [5.41, 5.74) is 3.19. The molecule has 0 saturated heterocycles. The zero-order chi connectivity index (χ0) is 29.7. The molecule has 3 aromatic rings. The fourth-order valence-electron chi connectivity index (χ4n) is 4.45. The predicted molar refractivity (Wildman–Crippen MR) is 162 cm³/mol. The molecule has 0 aliphatic heterocycles. The Balaban J connectivity index is 1.51. The molecule has 216 valence electrons. The Morgan fingerprint density at radius 1 is 0.732 bits per heavy atom. The van der Waals surface area contributed by atoms with Crippen LogP contribution in [0.2, 0.25) is 0 Å². The van der Waals surface area contributed by atoms with E-state index in [9.17, 15) is 19.2 Å². The molecule has 7 heteroatoms. The molecule has 0 fully saturated rings. The third-order valence-electron chi connectivity index (χ3n) is 6.50. The maximum Gasteiger partial charge on any atom is 0.251 e. The summed E-state index contributed by atoms with van der Waals surface area (Å²) >= 11 is 0. The summed E-state index contributed by atoms with van der Waals surface area (Å²) < 4.78 is 0. The van der Waals surface area contributed by atoms with Gasteiger partial charge in [-0.25, -0.2) is 0 Å². The Morgan fingerprint density at radius 3 is 2.07 bits per heavy atom. The van der Waals surface area contributed by atoms with E-state index in [0.717, 1.165) is 16.7 Å². The second kappa shape index (κ2) is 15.5. The number of hydrogen-bond acceptors (Lipinski definition) is 4. The van der Waals surface area contributed by atoms with E-state index in [1.165, 1.54) is 0 Å². The highest BCUT2D eigenvalue weighted by Crippen LogP contribution is 2.20. The van der Waals surface area contributed by atoms with Gasteiger partial charge < -0.3 is 16.0 Å². The summed E-state index contributed by atoms with van der Waals surface area (Å²) in [7, 11) is 0. The van der Waals surface area contributed by atoms with Gasteiger partial charge in [0.15, 0.2) is 5.78 Å². The van der Waals surface area contributed by atoms with Gasteiger partial charge in [-0.05, 0) is 68.9 Å². The molecule has 0 aromatic heterocycles. The zero-order valence-electron chi connectivity index (χ0n) is 24.2. The molecule has 0 bridgehead atoms. The van der Waals surface area contributed by atoms with Crippen LogP contribution in [0, 0.1) is 0 Å². The highest BCUT2D eigenvalue weighted by molar-refractivity contribution is 5.95. The van der Waals surface area contributed by atoms with E-state index in [1.807, 2.05) is 99.6 Å². The number of benzene rings is 3. The molecule has 41 heavy (non-hydrogen) atoms. The van der Waals surface area contributed by atoms with Crippen LogP contribution < -0.4 is 16.0 Å². The van der Waals surface area contributed by atoms with Crippen molar-refractivity contribution in [2.75, 3.05) is 6.54 Å². The summed E-state index contributed by atoms with van der Waals surface area (Å²) in [6, 6.07) is 26.2. The predicted octanol–water partition coefficient (Wildman–Crippen LogP) is 5.25. The monoisotopic (exact) mass is 555 g/mol. The number of carbonyl (C=O) groups is 4. The number of Topliss-reactive ketones (excluding diaryl/α,β-unsaturated/α-hetero) is 1. The fraction of sp³-hybridized carbons (Fsp3) is 0.353. The quantitative estimate of drug-likeness (QED) is 0.237. The van der Waals surface area contributed by atoms with Crippen LogP contribution in [0.25, 0.3) is 11.1 Å². The van der Waals surface area contributed by atoms with E-state index in [1.54, 1.807) is 6.07 Å². The lowest BCUT2D eigenvalue weighted by molar-refractivity contribution is -0.129. The van der Waals surface area contributed by atoms with Crippen LogP contribution in [-0.2, 0) is 20.8 Å². The van der Waals surface area contributed by atoms with Crippen molar-refractivity contribution in [2.45, 2.75) is 70.9 Å². The number of nitrogens with one attached hydrogen (secondary N) is 3. The van der Waals surface area contributed by atoms with Crippen molar-refractivity contribution in [3.05, 3.63) is 96.1 Å². The minimum absolute atomic E-state index is 0.126. The van der Waals surface area contributed by atoms with E-state index in [-0.39, 0.29) is 54.7 Å². The molecule has 0 aliphatic carbocycles. The highest BCUT2D eigenvalue weighted by Gasteiger charge is 2.23. The molecule has 0 spiro atoms. The van der Waals surface area contributed by atoms with Crippen molar-refractivity contribution in [1.82, 2.24) is 16.0 Å². The smallest absolute Gasteiger partial charge is 0.251 e. The molecule has 3 rings (SSSR count). The molecule has 7 nitrogen and oxygen atoms in total. The fourth-order valence-corrected chi connectivity index (χ4v) is 4.45. The molecule has 3 amide bonds. The third kappa shape index (κ3) is 11.4. The van der Waals surface area contributed by atoms with Crippen molar-refractivity contribution in [3.63, 3.8) is 0 Å². The summed E-state index contributed by atoms with van der Waals surface area (Å²) in [6.45, 7) is 6.00. The molecule has 3 N–H and O–H groups in total. The number of aryl methyl sites for hydroxylation is 1. The summed E-state index contributed by atoms with van der Waals surface area (Å²) in [5.74, 6) is -0.754. The Kier molecular flexibility index (Phi) is 11.8. The Bertz CT molecular complexity index is 1300. The van der Waals surface area contributed by atoms with Crippen molar-refractivity contribution in [3.8, 4) is 11.1 Å². The lowest BCUT2D eigenvalue weighted by Crippen LogP contribution is -2.44. The average molecular weight is 556 g/mol. The van der Waals surface area contributed by atoms with Gasteiger partial charge in [0.25, 0.3) is 5.91 Å². The molecule has 0 aliphatic rings. The number of rotatable bonds is 14. The standard InChI is InChI=1S/C34H41N3O4/c1-34(2,3)37-32(40)22-20-29(36-31(39)21-19-25-12-6-4-7-13-25)30(38)18-11-23-35-33(41)28-17-10-16-27(24-28)26-14-8-5-9-15-26/h4-10,12-17,24,29H,11,18-23H2,1-3H3,(H,35,41)(H,36,39)(H,37,40)/t29-/m0/s1. The van der Waals surface area contributed by atoms with Gasteiger partial charge in [-0.15, -0.1) is 0 Å². The second-order valence-corrected chi connectivity index (χ2v) is 11.2. The van der Waals surface area contributed by atoms with Gasteiger partial charge in [-0.1, -0.05) is 72.8 Å². The molecular formula is C34H41N3O4. The van der Waals surface area contributed by atoms with Crippen LogP contribution in [0.15, 0.2) is 84.9 Å². The van der Waals surface area contributed by atoms with Crippen LogP contribution in [0.4, 0.5) is 0 Å². The lowest BCUT2D eigenvalue weighted by Gasteiger charge is -2.22. The molecule has 0 heterocycles. The second-order valence-electron chi connectivity index (χ2n) is 11.2. The van der Waals surface area contributed by atoms with Gasteiger partial charge in [0.05, 0.1) is 6.04 Å². The molecule has 0 unspecified atom stereocenters. The first-order chi connectivity index (χ1) is 19.6. The van der Waals surface area contributed by atoms with Crippen LogP contribution in [0.5, 0.6) is 0 Å². The molecular weight excluding hydrogens is 514 g/mol. The van der Waals surface area contributed by atoms with Gasteiger partial charge in [0.2, 0.25) is 11.8 Å². The first-order valence-electron chi connectivity index (χ1n) is 14.2. The molecule has 0 saturated carbocycles. The zero-order valence-corrected chi connectivity index (χ0v) is 24.2. The van der Waals surface area contributed by atoms with E-state index >= 15 is 0 Å². The van der Waals surface area contributed by atoms with Crippen molar-refractivity contribution in [2.24, 2.45) is 0 Å². The van der Waals surface area contributed by atoms with Crippen LogP contribution in [0.1, 0.15) is 68.8 Å². The topological polar surface area (TPSA) is 104 Å². The Hall–Kier alpha value is -4.26. The summed E-state index contributed by atoms with van der Waals surface area (Å²) in [4.78, 5) is 50.9. The number of carbonyl (C=O) groups excluding carboxylic acids is 4. The third-order valence-corrected chi connectivity index (χ3v) is 6.50. The minimum atomic E-state index is -0.762. The maximum absolute atomic E-state index is 13.1. The van der Waals surface area contributed by atoms with E-state index < -0.39 is 6.04 Å². The number of amides is 3. The molecule has 0 radical (unpaired) electrons. The van der Waals surface area contributed by atoms with Crippen LogP contribution >= 0.6 is 0 Å².